The fourth-order valence-electron chi connectivity index (χ4n) is 8.40. The third-order valence-electron chi connectivity index (χ3n) is 10.9. The maximum absolute atomic E-state index is 14.7. The first kappa shape index (κ1) is 31.7. The number of anilines is 1. The van der Waals surface area contributed by atoms with Crippen LogP contribution in [0.3, 0.4) is 0 Å². The maximum atomic E-state index is 14.7. The van der Waals surface area contributed by atoms with Gasteiger partial charge in [-0.25, -0.2) is 19.3 Å². The highest BCUT2D eigenvalue weighted by Crippen LogP contribution is 2.52. The van der Waals surface area contributed by atoms with Gasteiger partial charge in [0.25, 0.3) is 5.91 Å². The molecule has 2 aliphatic heterocycles. The highest BCUT2D eigenvalue weighted by atomic mass is 19.1. The average molecular weight is 667 g/mol. The first-order valence-electron chi connectivity index (χ1n) is 17.3. The number of ether oxygens (including phenoxy) is 2. The van der Waals surface area contributed by atoms with Crippen molar-refractivity contribution in [2.75, 3.05) is 31.6 Å². The highest BCUT2D eigenvalue weighted by molar-refractivity contribution is 5.97. The number of imidazole rings is 1. The zero-order chi connectivity index (χ0) is 33.9. The summed E-state index contributed by atoms with van der Waals surface area (Å²) in [6.45, 7) is 9.69. The molecule has 12 heteroatoms. The number of hydrogen-bond donors (Lipinski definition) is 0. The number of rotatable bonds is 9. The van der Waals surface area contributed by atoms with Gasteiger partial charge in [-0.1, -0.05) is 0 Å². The number of hydrogen-bond acceptors (Lipinski definition) is 9. The molecule has 1 amide bonds. The van der Waals surface area contributed by atoms with Gasteiger partial charge < -0.3 is 28.7 Å². The predicted octanol–water partition coefficient (Wildman–Crippen LogP) is 5.46. The SMILES string of the molecule is CC(C)N(C(=O)c1cc(F)ccc1Oc1cncnc1N1CC2(CC(Oc3ccnc4c3CN(C)CC4)C2)C1)C1CC(C)(n2ccnc2)C1. The predicted molar refractivity (Wildman–Crippen MR) is 181 cm³/mol. The summed E-state index contributed by atoms with van der Waals surface area (Å²) in [7, 11) is 2.13. The van der Waals surface area contributed by atoms with Crippen molar-refractivity contribution in [1.29, 1.82) is 0 Å². The summed E-state index contributed by atoms with van der Waals surface area (Å²) in [5.74, 6) is 1.59. The van der Waals surface area contributed by atoms with Crippen molar-refractivity contribution in [3.8, 4) is 17.2 Å². The lowest BCUT2D eigenvalue weighted by atomic mass is 9.61. The van der Waals surface area contributed by atoms with Crippen molar-refractivity contribution in [3.63, 3.8) is 0 Å². The van der Waals surface area contributed by atoms with Gasteiger partial charge >= 0.3 is 0 Å². The Morgan fingerprint density at radius 3 is 2.61 bits per heavy atom. The van der Waals surface area contributed by atoms with E-state index in [1.54, 1.807) is 12.4 Å². The molecular weight excluding hydrogens is 623 g/mol. The molecule has 0 N–H and O–H groups in total. The summed E-state index contributed by atoms with van der Waals surface area (Å²) in [4.78, 5) is 38.1. The molecular formula is C37H43FN8O3. The molecule has 2 aliphatic carbocycles. The molecule has 4 aromatic rings. The molecule has 11 nitrogen and oxygen atoms in total. The van der Waals surface area contributed by atoms with Crippen LogP contribution < -0.4 is 14.4 Å². The van der Waals surface area contributed by atoms with E-state index in [1.807, 2.05) is 43.5 Å². The van der Waals surface area contributed by atoms with Gasteiger partial charge in [-0.15, -0.1) is 0 Å². The van der Waals surface area contributed by atoms with E-state index in [0.717, 1.165) is 69.7 Å². The molecule has 0 atom stereocenters. The lowest BCUT2D eigenvalue weighted by Gasteiger charge is -2.59. The topological polar surface area (TPSA) is 102 Å². The quantitative estimate of drug-likeness (QED) is 0.230. The van der Waals surface area contributed by atoms with Crippen LogP contribution in [0, 0.1) is 11.2 Å². The van der Waals surface area contributed by atoms with Gasteiger partial charge in [0, 0.05) is 85.5 Å². The van der Waals surface area contributed by atoms with Gasteiger partial charge in [-0.3, -0.25) is 9.78 Å². The van der Waals surface area contributed by atoms with Crippen LogP contribution in [0.5, 0.6) is 17.2 Å². The molecule has 1 spiro atoms. The number of nitrogens with zero attached hydrogens (tertiary/aromatic N) is 8. The van der Waals surface area contributed by atoms with Crippen molar-refractivity contribution in [2.45, 2.75) is 83.1 Å². The molecule has 2 saturated carbocycles. The van der Waals surface area contributed by atoms with Crippen LogP contribution in [0.25, 0.3) is 0 Å². The molecule has 8 rings (SSSR count). The van der Waals surface area contributed by atoms with Gasteiger partial charge in [-0.2, -0.15) is 0 Å². The van der Waals surface area contributed by atoms with Crippen LogP contribution in [-0.2, 0) is 18.5 Å². The Morgan fingerprint density at radius 2 is 1.86 bits per heavy atom. The van der Waals surface area contributed by atoms with Gasteiger partial charge in [-0.05, 0) is 77.8 Å². The van der Waals surface area contributed by atoms with E-state index < -0.39 is 5.82 Å². The second-order valence-corrected chi connectivity index (χ2v) is 15.0. The lowest BCUT2D eigenvalue weighted by Crippen LogP contribution is -2.65. The number of likely N-dealkylation sites (N-methyl/N-ethyl adjacent to an activating group) is 1. The molecule has 5 heterocycles. The summed E-state index contributed by atoms with van der Waals surface area (Å²) >= 11 is 0. The Bertz CT molecular complexity index is 1850. The van der Waals surface area contributed by atoms with Crippen molar-refractivity contribution in [3.05, 3.63) is 84.3 Å². The first-order valence-corrected chi connectivity index (χ1v) is 17.3. The number of halogens is 1. The molecule has 0 bridgehead atoms. The standard InChI is InChI=1S/C37H43FN8O3/c1-24(2)46(26-14-36(3,15-26)45-12-10-39-23-45)35(47)28-13-25(38)5-6-31(28)49-33-18-40-22-42-34(33)44-20-37(21-44)16-27(17-37)48-32-7-9-41-30-8-11-43(4)19-29(30)32/h5-7,9-10,12-13,18,22-24,26-27H,8,11,14-17,19-21H2,1-4H3. The lowest BCUT2D eigenvalue weighted by molar-refractivity contribution is -0.0352. The molecule has 0 radical (unpaired) electrons. The molecule has 4 aliphatic rings. The van der Waals surface area contributed by atoms with Gasteiger partial charge in [0.1, 0.15) is 29.7 Å². The fraction of sp³-hybridized carbons (Fsp3) is 0.486. The third kappa shape index (κ3) is 5.79. The zero-order valence-corrected chi connectivity index (χ0v) is 28.5. The maximum Gasteiger partial charge on any atom is 0.258 e. The van der Waals surface area contributed by atoms with E-state index in [9.17, 15) is 9.18 Å². The van der Waals surface area contributed by atoms with E-state index in [0.29, 0.717) is 11.6 Å². The van der Waals surface area contributed by atoms with Crippen LogP contribution in [0.2, 0.25) is 0 Å². The van der Waals surface area contributed by atoms with E-state index in [-0.39, 0.29) is 46.4 Å². The van der Waals surface area contributed by atoms with E-state index in [4.69, 9.17) is 9.47 Å². The van der Waals surface area contributed by atoms with Gasteiger partial charge in [0.15, 0.2) is 11.6 Å². The minimum absolute atomic E-state index is 0.00418. The van der Waals surface area contributed by atoms with E-state index >= 15 is 0 Å². The number of benzene rings is 1. The van der Waals surface area contributed by atoms with Crippen LogP contribution in [0.1, 0.15) is 68.1 Å². The first-order chi connectivity index (χ1) is 23.6. The number of pyridine rings is 1. The van der Waals surface area contributed by atoms with Crippen molar-refractivity contribution in [1.82, 2.24) is 34.3 Å². The monoisotopic (exact) mass is 666 g/mol. The molecule has 49 heavy (non-hydrogen) atoms. The molecule has 3 aromatic heterocycles. The fourth-order valence-corrected chi connectivity index (χ4v) is 8.40. The number of carbonyl (C=O) groups is 1. The van der Waals surface area contributed by atoms with Gasteiger partial charge in [0.2, 0.25) is 0 Å². The number of carbonyl (C=O) groups excluding carboxylic acids is 1. The molecule has 1 saturated heterocycles. The Morgan fingerprint density at radius 1 is 1.04 bits per heavy atom. The normalized spacial score (nSPS) is 23.0. The summed E-state index contributed by atoms with van der Waals surface area (Å²) in [5.41, 5.74) is 2.59. The summed E-state index contributed by atoms with van der Waals surface area (Å²) in [6.07, 6.45) is 15.2. The van der Waals surface area contributed by atoms with Crippen LogP contribution >= 0.6 is 0 Å². The second kappa shape index (κ2) is 12.1. The number of fused-ring (bicyclic) bond motifs is 1. The highest BCUT2D eigenvalue weighted by Gasteiger charge is 2.54. The van der Waals surface area contributed by atoms with Crippen LogP contribution in [0.4, 0.5) is 10.2 Å². The Kier molecular flexibility index (Phi) is 7.81. The number of aromatic nitrogens is 5. The van der Waals surface area contributed by atoms with Crippen molar-refractivity contribution in [2.24, 2.45) is 5.41 Å². The van der Waals surface area contributed by atoms with E-state index in [2.05, 4.69) is 48.3 Å². The van der Waals surface area contributed by atoms with Gasteiger partial charge in [0.05, 0.1) is 18.1 Å². The second-order valence-electron chi connectivity index (χ2n) is 15.0. The van der Waals surface area contributed by atoms with Crippen molar-refractivity contribution < 1.29 is 18.7 Å². The summed E-state index contributed by atoms with van der Waals surface area (Å²) in [5, 5.41) is 0. The number of amides is 1. The largest absolute Gasteiger partial charge is 0.490 e. The zero-order valence-electron chi connectivity index (χ0n) is 28.5. The molecule has 3 fully saturated rings. The summed E-state index contributed by atoms with van der Waals surface area (Å²) < 4.78 is 29.7. The van der Waals surface area contributed by atoms with E-state index in [1.165, 1.54) is 30.1 Å². The Hall–Kier alpha value is -4.58. The third-order valence-corrected chi connectivity index (χ3v) is 10.9. The molecule has 256 valence electrons. The minimum atomic E-state index is -0.494. The molecule has 1 aromatic carbocycles. The summed E-state index contributed by atoms with van der Waals surface area (Å²) in [6, 6.07) is 6.03. The van der Waals surface area contributed by atoms with Crippen LogP contribution in [0.15, 0.2) is 61.7 Å². The average Bonchev–Trinajstić information content (AvgIpc) is 3.58. The van der Waals surface area contributed by atoms with Crippen molar-refractivity contribution >= 4 is 11.7 Å². The minimum Gasteiger partial charge on any atom is -0.490 e. The Balaban J connectivity index is 0.944. The Labute approximate surface area is 286 Å². The molecule has 0 unspecified atom stereocenters. The van der Waals surface area contributed by atoms with Crippen LogP contribution in [-0.4, -0.2) is 85.1 Å². The smallest absolute Gasteiger partial charge is 0.258 e.